The van der Waals surface area contributed by atoms with Crippen molar-refractivity contribution in [3.05, 3.63) is 15.8 Å². The summed E-state index contributed by atoms with van der Waals surface area (Å²) in [6, 6.07) is 0. The molecule has 0 atom stereocenters. The smallest absolute Gasteiger partial charge is 0.412 e. The number of carbonyl (C=O) groups is 1. The van der Waals surface area contributed by atoms with Gasteiger partial charge < -0.3 is 4.74 Å². The number of carbonyl (C=O) groups excluding carboxylic acids is 1. The molecule has 0 spiro atoms. The summed E-state index contributed by atoms with van der Waals surface area (Å²) in [4.78, 5) is 13.1. The van der Waals surface area contributed by atoms with E-state index in [1.165, 1.54) is 23.3 Å². The maximum Gasteiger partial charge on any atom is 0.412 e. The summed E-state index contributed by atoms with van der Waals surface area (Å²) in [5.74, 6) is 0. The normalized spacial score (nSPS) is 15.2. The molecule has 1 aliphatic carbocycles. The molecule has 0 radical (unpaired) electrons. The molecule has 3 nitrogen and oxygen atoms in total. The third-order valence-electron chi connectivity index (χ3n) is 2.70. The van der Waals surface area contributed by atoms with Crippen molar-refractivity contribution in [2.75, 3.05) is 5.32 Å². The highest BCUT2D eigenvalue weighted by Gasteiger charge is 2.20. The number of rotatable bonds is 1. The highest BCUT2D eigenvalue weighted by atomic mass is 32.1. The van der Waals surface area contributed by atoms with E-state index in [-0.39, 0.29) is 6.09 Å². The quantitative estimate of drug-likeness (QED) is 0.822. The van der Waals surface area contributed by atoms with Gasteiger partial charge in [-0.2, -0.15) is 0 Å². The van der Waals surface area contributed by atoms with Gasteiger partial charge in [0.05, 0.1) is 5.69 Å². The Kier molecular flexibility index (Phi) is 3.43. The lowest BCUT2D eigenvalue weighted by Gasteiger charge is -2.20. The van der Waals surface area contributed by atoms with E-state index in [1.807, 2.05) is 26.2 Å². The molecule has 1 N–H and O–H groups in total. The summed E-state index contributed by atoms with van der Waals surface area (Å²) < 4.78 is 5.26. The summed E-state index contributed by atoms with van der Waals surface area (Å²) in [6.07, 6.45) is 4.34. The summed E-state index contributed by atoms with van der Waals surface area (Å²) in [5, 5.41) is 4.88. The molecule has 1 heterocycles. The minimum Gasteiger partial charge on any atom is -0.444 e. The fraction of sp³-hybridized carbons (Fsp3) is 0.615. The fourth-order valence-electron chi connectivity index (χ4n) is 2.01. The van der Waals surface area contributed by atoms with Crippen molar-refractivity contribution < 1.29 is 9.53 Å². The first-order valence-corrected chi connectivity index (χ1v) is 6.93. The predicted molar refractivity (Wildman–Crippen MR) is 70.8 cm³/mol. The van der Waals surface area contributed by atoms with E-state index < -0.39 is 5.60 Å². The first-order valence-electron chi connectivity index (χ1n) is 6.05. The number of aryl methyl sites for hydroxylation is 1. The lowest BCUT2D eigenvalue weighted by Crippen LogP contribution is -2.27. The topological polar surface area (TPSA) is 38.3 Å². The van der Waals surface area contributed by atoms with Crippen LogP contribution in [0.2, 0.25) is 0 Å². The molecule has 1 aromatic heterocycles. The van der Waals surface area contributed by atoms with E-state index in [2.05, 4.69) is 5.32 Å². The van der Waals surface area contributed by atoms with Crippen LogP contribution in [0.15, 0.2) is 5.38 Å². The Morgan fingerprint density at radius 2 is 2.06 bits per heavy atom. The average molecular weight is 253 g/mol. The van der Waals surface area contributed by atoms with Crippen LogP contribution in [-0.4, -0.2) is 11.7 Å². The minimum absolute atomic E-state index is 0.358. The third-order valence-corrected chi connectivity index (χ3v) is 3.79. The monoisotopic (exact) mass is 253 g/mol. The standard InChI is InChI=1S/C13H19NO2S/c1-13(2,3)16-12(15)14-10-8-17-11-7-5-4-6-9(10)11/h8H,4-7H2,1-3H3,(H,14,15). The van der Waals surface area contributed by atoms with E-state index in [9.17, 15) is 4.79 Å². The first-order chi connectivity index (χ1) is 7.96. The maximum absolute atomic E-state index is 11.7. The molecule has 2 rings (SSSR count). The zero-order valence-corrected chi connectivity index (χ0v) is 11.4. The van der Waals surface area contributed by atoms with Gasteiger partial charge in [0.15, 0.2) is 0 Å². The summed E-state index contributed by atoms with van der Waals surface area (Å²) >= 11 is 1.74. The number of hydrogen-bond acceptors (Lipinski definition) is 3. The Balaban J connectivity index is 2.04. The molecule has 0 aliphatic heterocycles. The number of hydrogen-bond donors (Lipinski definition) is 1. The summed E-state index contributed by atoms with van der Waals surface area (Å²) in [5.41, 5.74) is 1.81. The number of fused-ring (bicyclic) bond motifs is 1. The van der Waals surface area contributed by atoms with Gasteiger partial charge in [-0.1, -0.05) is 0 Å². The average Bonchev–Trinajstić information content (AvgIpc) is 2.59. The van der Waals surface area contributed by atoms with E-state index in [0.717, 1.165) is 18.5 Å². The lowest BCUT2D eigenvalue weighted by atomic mass is 9.98. The van der Waals surface area contributed by atoms with Crippen molar-refractivity contribution in [1.29, 1.82) is 0 Å². The van der Waals surface area contributed by atoms with Crippen LogP contribution in [0.25, 0.3) is 0 Å². The maximum atomic E-state index is 11.7. The number of anilines is 1. The van der Waals surface area contributed by atoms with Gasteiger partial charge in [0.25, 0.3) is 0 Å². The molecule has 4 heteroatoms. The van der Waals surface area contributed by atoms with Crippen LogP contribution in [0.1, 0.15) is 44.1 Å². The zero-order chi connectivity index (χ0) is 12.5. The van der Waals surface area contributed by atoms with Crippen molar-refractivity contribution >= 4 is 23.1 Å². The molecular weight excluding hydrogens is 234 g/mol. The Labute approximate surface area is 106 Å². The van der Waals surface area contributed by atoms with Gasteiger partial charge in [0.1, 0.15) is 5.60 Å². The first kappa shape index (κ1) is 12.4. The van der Waals surface area contributed by atoms with E-state index in [4.69, 9.17) is 4.74 Å². The molecule has 0 aromatic carbocycles. The molecule has 0 saturated heterocycles. The molecule has 0 fully saturated rings. The highest BCUT2D eigenvalue weighted by molar-refractivity contribution is 7.10. The van der Waals surface area contributed by atoms with Crippen molar-refractivity contribution in [2.45, 2.75) is 52.1 Å². The van der Waals surface area contributed by atoms with E-state index in [0.29, 0.717) is 0 Å². The second kappa shape index (κ2) is 4.69. The molecule has 1 amide bonds. The van der Waals surface area contributed by atoms with Crippen LogP contribution in [0, 0.1) is 0 Å². The molecule has 0 unspecified atom stereocenters. The molecule has 94 valence electrons. The van der Waals surface area contributed by atoms with Gasteiger partial charge in [-0.3, -0.25) is 5.32 Å². The fourth-order valence-corrected chi connectivity index (χ4v) is 3.09. The van der Waals surface area contributed by atoms with Crippen LogP contribution in [-0.2, 0) is 17.6 Å². The molecule has 1 aliphatic rings. The van der Waals surface area contributed by atoms with Gasteiger partial charge in [-0.15, -0.1) is 11.3 Å². The second-order valence-electron chi connectivity index (χ2n) is 5.39. The Morgan fingerprint density at radius 3 is 2.76 bits per heavy atom. The summed E-state index contributed by atoms with van der Waals surface area (Å²) in [6.45, 7) is 5.61. The second-order valence-corrected chi connectivity index (χ2v) is 6.35. The summed E-state index contributed by atoms with van der Waals surface area (Å²) in [7, 11) is 0. The van der Waals surface area contributed by atoms with Gasteiger partial charge in [0, 0.05) is 10.3 Å². The number of nitrogens with one attached hydrogen (secondary N) is 1. The number of ether oxygens (including phenoxy) is 1. The van der Waals surface area contributed by atoms with E-state index >= 15 is 0 Å². The molecule has 0 bridgehead atoms. The highest BCUT2D eigenvalue weighted by Crippen LogP contribution is 2.33. The van der Waals surface area contributed by atoms with Crippen molar-refractivity contribution in [1.82, 2.24) is 0 Å². The predicted octanol–water partition coefficient (Wildman–Crippen LogP) is 3.97. The Bertz CT molecular complexity index is 418. The molecular formula is C13H19NO2S. The van der Waals surface area contributed by atoms with Gasteiger partial charge in [-0.05, 0) is 52.0 Å². The Hall–Kier alpha value is -1.03. The van der Waals surface area contributed by atoms with Gasteiger partial charge in [0.2, 0.25) is 0 Å². The lowest BCUT2D eigenvalue weighted by molar-refractivity contribution is 0.0636. The zero-order valence-electron chi connectivity index (χ0n) is 10.6. The van der Waals surface area contributed by atoms with Crippen LogP contribution < -0.4 is 5.32 Å². The Morgan fingerprint density at radius 1 is 1.35 bits per heavy atom. The van der Waals surface area contributed by atoms with E-state index in [1.54, 1.807) is 11.3 Å². The number of amides is 1. The minimum atomic E-state index is -0.444. The molecule has 1 aromatic rings. The van der Waals surface area contributed by atoms with Crippen molar-refractivity contribution in [3.8, 4) is 0 Å². The number of thiophene rings is 1. The van der Waals surface area contributed by atoms with Crippen molar-refractivity contribution in [3.63, 3.8) is 0 Å². The van der Waals surface area contributed by atoms with Crippen LogP contribution in [0.3, 0.4) is 0 Å². The van der Waals surface area contributed by atoms with Crippen molar-refractivity contribution in [2.24, 2.45) is 0 Å². The van der Waals surface area contributed by atoms with Crippen LogP contribution >= 0.6 is 11.3 Å². The SMILES string of the molecule is CC(C)(C)OC(=O)Nc1csc2c1CCCC2. The molecule has 0 saturated carbocycles. The largest absolute Gasteiger partial charge is 0.444 e. The third kappa shape index (κ3) is 3.22. The van der Waals surface area contributed by atoms with Gasteiger partial charge >= 0.3 is 6.09 Å². The van der Waals surface area contributed by atoms with Gasteiger partial charge in [-0.25, -0.2) is 4.79 Å². The van der Waals surface area contributed by atoms with Crippen LogP contribution in [0.5, 0.6) is 0 Å². The molecule has 17 heavy (non-hydrogen) atoms. The van der Waals surface area contributed by atoms with Crippen LogP contribution in [0.4, 0.5) is 10.5 Å².